The highest BCUT2D eigenvalue weighted by molar-refractivity contribution is 5.64. The minimum Gasteiger partial charge on any atom is -0.550 e. The molecule has 0 unspecified atom stereocenters. The minimum atomic E-state index is -0.933. The summed E-state index contributed by atoms with van der Waals surface area (Å²) < 4.78 is 0. The second-order valence-corrected chi connectivity index (χ2v) is 12.0. The van der Waals surface area contributed by atoms with Crippen molar-refractivity contribution in [3.8, 4) is 0 Å². The Morgan fingerprint density at radius 2 is 1.70 bits per heavy atom. The van der Waals surface area contributed by atoms with E-state index in [1.165, 1.54) is 25.7 Å². The van der Waals surface area contributed by atoms with E-state index in [0.717, 1.165) is 25.7 Å². The zero-order chi connectivity index (χ0) is 21.8. The van der Waals surface area contributed by atoms with Crippen molar-refractivity contribution >= 4 is 5.97 Å². The van der Waals surface area contributed by atoms with Crippen molar-refractivity contribution in [2.75, 3.05) is 0 Å². The van der Waals surface area contributed by atoms with Crippen LogP contribution in [0.25, 0.3) is 0 Å². The average Bonchev–Trinajstić information content (AvgIpc) is 3.05. The van der Waals surface area contributed by atoms with Crippen molar-refractivity contribution in [2.45, 2.75) is 104 Å². The molecule has 0 amide bonds. The van der Waals surface area contributed by atoms with Gasteiger partial charge in [0.15, 0.2) is 0 Å². The van der Waals surface area contributed by atoms with Crippen molar-refractivity contribution in [1.29, 1.82) is 0 Å². The third kappa shape index (κ3) is 3.36. The molecule has 0 aromatic carbocycles. The number of hydrogen-bond acceptors (Lipinski definition) is 4. The molecular formula is C26H43O4-. The molecule has 2 N–H and O–H groups in total. The number of carboxylic acid groups (broad SMARTS) is 1. The number of carboxylic acids is 1. The molecule has 0 heterocycles. The van der Waals surface area contributed by atoms with Gasteiger partial charge in [-0.25, -0.2) is 0 Å². The Morgan fingerprint density at radius 3 is 2.37 bits per heavy atom. The second kappa shape index (κ2) is 8.06. The molecule has 30 heavy (non-hydrogen) atoms. The van der Waals surface area contributed by atoms with E-state index in [1.807, 2.05) is 0 Å². The smallest absolute Gasteiger partial charge is 0.0605 e. The summed E-state index contributed by atoms with van der Waals surface area (Å²) >= 11 is 0. The highest BCUT2D eigenvalue weighted by Crippen LogP contribution is 2.69. The molecule has 4 saturated carbocycles. The van der Waals surface area contributed by atoms with Gasteiger partial charge in [0.05, 0.1) is 12.2 Å². The number of aliphatic hydroxyl groups is 2. The molecule has 4 aliphatic carbocycles. The van der Waals surface area contributed by atoms with Crippen molar-refractivity contribution in [1.82, 2.24) is 0 Å². The van der Waals surface area contributed by atoms with Gasteiger partial charge in [0.25, 0.3) is 0 Å². The van der Waals surface area contributed by atoms with Gasteiger partial charge in [0, 0.05) is 5.97 Å². The predicted octanol–water partition coefficient (Wildman–Crippen LogP) is 3.78. The lowest BCUT2D eigenvalue weighted by molar-refractivity contribution is -0.306. The fourth-order valence-electron chi connectivity index (χ4n) is 9.48. The van der Waals surface area contributed by atoms with E-state index in [4.69, 9.17) is 0 Å². The lowest BCUT2D eigenvalue weighted by Gasteiger charge is -2.64. The van der Waals surface area contributed by atoms with Crippen LogP contribution < -0.4 is 5.11 Å². The van der Waals surface area contributed by atoms with Crippen molar-refractivity contribution in [3.05, 3.63) is 0 Å². The van der Waals surface area contributed by atoms with Gasteiger partial charge in [-0.2, -0.15) is 0 Å². The summed E-state index contributed by atoms with van der Waals surface area (Å²) in [5.41, 5.74) is 0.451. The van der Waals surface area contributed by atoms with Crippen molar-refractivity contribution in [3.63, 3.8) is 0 Å². The average molecular weight is 420 g/mol. The summed E-state index contributed by atoms with van der Waals surface area (Å²) in [7, 11) is 0. The van der Waals surface area contributed by atoms with E-state index in [2.05, 4.69) is 27.7 Å². The quantitative estimate of drug-likeness (QED) is 0.711. The molecule has 4 fully saturated rings. The van der Waals surface area contributed by atoms with Crippen molar-refractivity contribution in [2.24, 2.45) is 52.3 Å². The largest absolute Gasteiger partial charge is 0.550 e. The molecule has 0 aliphatic heterocycles. The van der Waals surface area contributed by atoms with Gasteiger partial charge in [0.2, 0.25) is 0 Å². The molecule has 0 aromatic heterocycles. The van der Waals surface area contributed by atoms with E-state index in [1.54, 1.807) is 0 Å². The lowest BCUT2D eigenvalue weighted by Crippen LogP contribution is -2.62. The Morgan fingerprint density at radius 1 is 1.03 bits per heavy atom. The number of carbonyl (C=O) groups excluding carboxylic acids is 1. The van der Waals surface area contributed by atoms with Gasteiger partial charge in [-0.3, -0.25) is 0 Å². The fraction of sp³-hybridized carbons (Fsp3) is 0.962. The van der Waals surface area contributed by atoms with Crippen LogP contribution in [0.15, 0.2) is 0 Å². The van der Waals surface area contributed by atoms with Crippen LogP contribution in [0.2, 0.25) is 0 Å². The molecule has 4 rings (SSSR count). The van der Waals surface area contributed by atoms with E-state index in [9.17, 15) is 20.1 Å². The summed E-state index contributed by atoms with van der Waals surface area (Å²) in [6.07, 6.45) is 8.99. The summed E-state index contributed by atoms with van der Waals surface area (Å²) in [5, 5.41) is 33.1. The fourth-order valence-corrected chi connectivity index (χ4v) is 9.48. The van der Waals surface area contributed by atoms with Gasteiger partial charge < -0.3 is 20.1 Å². The molecule has 0 saturated heterocycles. The first-order valence-electron chi connectivity index (χ1n) is 12.7. The van der Waals surface area contributed by atoms with Crippen LogP contribution in [0, 0.1) is 52.3 Å². The first-order chi connectivity index (χ1) is 14.1. The minimum absolute atomic E-state index is 0.160. The Kier molecular flexibility index (Phi) is 6.07. The van der Waals surface area contributed by atoms with Gasteiger partial charge in [0.1, 0.15) is 0 Å². The number of fused-ring (bicyclic) bond motifs is 5. The zero-order valence-electron chi connectivity index (χ0n) is 19.5. The van der Waals surface area contributed by atoms with Gasteiger partial charge in [-0.05, 0) is 110 Å². The van der Waals surface area contributed by atoms with Crippen LogP contribution in [0.1, 0.15) is 91.9 Å². The predicted molar refractivity (Wildman–Crippen MR) is 115 cm³/mol. The molecule has 4 aliphatic rings. The highest BCUT2D eigenvalue weighted by Gasteiger charge is 2.64. The first-order valence-corrected chi connectivity index (χ1v) is 12.7. The topological polar surface area (TPSA) is 80.6 Å². The van der Waals surface area contributed by atoms with Gasteiger partial charge in [-0.15, -0.1) is 0 Å². The monoisotopic (exact) mass is 419 g/mol. The molecule has 0 radical (unpaired) electrons. The van der Waals surface area contributed by atoms with Crippen LogP contribution in [0.3, 0.4) is 0 Å². The standard InChI is InChI=1S/C26H44O4/c1-5-17-21-14-16(27)10-12-26(21,4)20-11-13-25(3)18(15(2)6-9-22(28)29)7-8-19(25)23(20)24(17)30/h15-21,23-24,27,30H,5-14H2,1-4H3,(H,28,29)/p-1/t15-,16-,17-,18-,19+,20+,21+,23+,24-,25-,26-/m1/s1. The SMILES string of the molecule is CC[C@H]1[C@@H](O)[C@@H]2[C@H](CC[C@]3(C)[C@@H]([C@H](C)CCC(=O)[O-])CC[C@@H]23)[C@@]2(C)CC[C@@H](O)C[C@@H]12. The Bertz CT molecular complexity index is 649. The van der Waals surface area contributed by atoms with E-state index >= 15 is 0 Å². The summed E-state index contributed by atoms with van der Waals surface area (Å²) in [6.45, 7) is 9.39. The Hall–Kier alpha value is -0.610. The van der Waals surface area contributed by atoms with E-state index in [0.29, 0.717) is 47.8 Å². The van der Waals surface area contributed by atoms with E-state index in [-0.39, 0.29) is 29.5 Å². The molecule has 4 nitrogen and oxygen atoms in total. The summed E-state index contributed by atoms with van der Waals surface area (Å²) in [6, 6.07) is 0. The molecule has 0 spiro atoms. The zero-order valence-corrected chi connectivity index (χ0v) is 19.5. The van der Waals surface area contributed by atoms with Crippen LogP contribution >= 0.6 is 0 Å². The van der Waals surface area contributed by atoms with Gasteiger partial charge in [-0.1, -0.05) is 34.1 Å². The molecular weight excluding hydrogens is 376 g/mol. The number of carbonyl (C=O) groups is 1. The van der Waals surface area contributed by atoms with Crippen LogP contribution in [0.4, 0.5) is 0 Å². The van der Waals surface area contributed by atoms with Crippen molar-refractivity contribution < 1.29 is 20.1 Å². The lowest BCUT2D eigenvalue weighted by atomic mass is 9.41. The number of hydrogen-bond donors (Lipinski definition) is 2. The summed E-state index contributed by atoms with van der Waals surface area (Å²) in [5.74, 6) is 2.21. The third-order valence-corrected chi connectivity index (χ3v) is 11.0. The highest BCUT2D eigenvalue weighted by atomic mass is 16.4. The second-order valence-electron chi connectivity index (χ2n) is 12.0. The van der Waals surface area contributed by atoms with Crippen LogP contribution in [-0.4, -0.2) is 28.4 Å². The van der Waals surface area contributed by atoms with Gasteiger partial charge >= 0.3 is 0 Å². The Balaban J connectivity index is 1.61. The Labute approximate surface area is 182 Å². The molecule has 172 valence electrons. The number of rotatable bonds is 5. The summed E-state index contributed by atoms with van der Waals surface area (Å²) in [4.78, 5) is 11.0. The van der Waals surface area contributed by atoms with Crippen LogP contribution in [0.5, 0.6) is 0 Å². The number of aliphatic carboxylic acids is 1. The maximum absolute atomic E-state index is 11.7. The number of aliphatic hydroxyl groups excluding tert-OH is 2. The molecule has 11 atom stereocenters. The van der Waals surface area contributed by atoms with Crippen LogP contribution in [-0.2, 0) is 4.79 Å². The molecule has 0 bridgehead atoms. The molecule has 4 heteroatoms. The van der Waals surface area contributed by atoms with E-state index < -0.39 is 5.97 Å². The maximum atomic E-state index is 11.7. The first kappa shape index (κ1) is 22.6. The maximum Gasteiger partial charge on any atom is 0.0605 e. The normalized spacial score (nSPS) is 51.5. The third-order valence-electron chi connectivity index (χ3n) is 11.0. The molecule has 0 aromatic rings.